The molecule has 0 atom stereocenters. The van der Waals surface area contributed by atoms with Crippen LogP contribution in [0.25, 0.3) is 22.0 Å². The van der Waals surface area contributed by atoms with Gasteiger partial charge in [-0.15, -0.1) is 0 Å². The summed E-state index contributed by atoms with van der Waals surface area (Å²) in [4.78, 5) is 33.0. The number of amides is 2. The second-order valence-corrected chi connectivity index (χ2v) is 8.54. The second-order valence-electron chi connectivity index (χ2n) is 8.14. The summed E-state index contributed by atoms with van der Waals surface area (Å²) < 4.78 is 15.9. The summed E-state index contributed by atoms with van der Waals surface area (Å²) in [5.41, 5.74) is 2.21. The molecule has 0 aliphatic carbocycles. The van der Waals surface area contributed by atoms with Crippen LogP contribution in [0.1, 0.15) is 5.56 Å². The zero-order valence-corrected chi connectivity index (χ0v) is 19.6. The van der Waals surface area contributed by atoms with Crippen molar-refractivity contribution >= 4 is 46.2 Å². The maximum atomic E-state index is 15.9. The number of hydrogen-bond donors (Lipinski definition) is 1. The number of piperazine rings is 1. The molecule has 2 heterocycles. The van der Waals surface area contributed by atoms with Gasteiger partial charge in [-0.2, -0.15) is 0 Å². The molecule has 1 aromatic heterocycles. The molecule has 1 aliphatic rings. The summed E-state index contributed by atoms with van der Waals surface area (Å²) in [5, 5.41) is 11.0. The number of aromatic hydroxyl groups is 1. The number of nitrogens with zero attached hydrogens (tertiary/aromatic N) is 4. The van der Waals surface area contributed by atoms with Gasteiger partial charge in [0.1, 0.15) is 11.3 Å². The van der Waals surface area contributed by atoms with Gasteiger partial charge in [0.25, 0.3) is 0 Å². The Labute approximate surface area is 201 Å². The van der Waals surface area contributed by atoms with E-state index in [4.69, 9.17) is 11.6 Å². The Hall–Kier alpha value is -3.65. The van der Waals surface area contributed by atoms with E-state index in [0.29, 0.717) is 60.5 Å². The van der Waals surface area contributed by atoms with Crippen molar-refractivity contribution in [2.75, 3.05) is 43.0 Å². The third-order valence-electron chi connectivity index (χ3n) is 6.13. The molecule has 0 radical (unpaired) electrons. The maximum absolute atomic E-state index is 15.9. The van der Waals surface area contributed by atoms with Crippen LogP contribution >= 0.6 is 11.6 Å². The lowest BCUT2D eigenvalue weighted by Gasteiger charge is -2.37. The summed E-state index contributed by atoms with van der Waals surface area (Å²) in [6.07, 6.45) is 3.38. The van der Waals surface area contributed by atoms with Crippen LogP contribution in [-0.4, -0.2) is 60.5 Å². The molecule has 0 unspecified atom stereocenters. The smallest absolute Gasteiger partial charge is 0.246 e. The van der Waals surface area contributed by atoms with E-state index in [2.05, 4.69) is 11.6 Å². The van der Waals surface area contributed by atoms with Gasteiger partial charge in [0.05, 0.1) is 22.6 Å². The summed E-state index contributed by atoms with van der Waals surface area (Å²) in [6, 6.07) is 6.54. The standard InChI is InChI=1S/C25H24ClFN4O3/c1-4-20(34)30-8-10-31(11-9-30)25-16-12-17(26)22(21-15(2)6-5-7-19(21)33)23(27)24(16)28-13-18(25)29(3)14-32/h4-7,12-14,33H,1,8-11H2,2-3H3. The Morgan fingerprint density at radius 3 is 2.59 bits per heavy atom. The molecule has 1 N–H and O–H groups in total. The highest BCUT2D eigenvalue weighted by molar-refractivity contribution is 6.34. The normalized spacial score (nSPS) is 13.8. The fraction of sp³-hybridized carbons (Fsp3) is 0.240. The summed E-state index contributed by atoms with van der Waals surface area (Å²) in [7, 11) is 1.59. The van der Waals surface area contributed by atoms with Crippen molar-refractivity contribution in [1.82, 2.24) is 9.88 Å². The van der Waals surface area contributed by atoms with Crippen molar-refractivity contribution in [3.05, 3.63) is 59.5 Å². The zero-order chi connectivity index (χ0) is 24.6. The number of anilines is 2. The largest absolute Gasteiger partial charge is 0.507 e. The predicted molar refractivity (Wildman–Crippen MR) is 132 cm³/mol. The number of carbonyl (C=O) groups excluding carboxylic acids is 2. The lowest BCUT2D eigenvalue weighted by atomic mass is 9.96. The Morgan fingerprint density at radius 2 is 1.97 bits per heavy atom. The van der Waals surface area contributed by atoms with E-state index >= 15 is 4.39 Å². The quantitative estimate of drug-likeness (QED) is 0.437. The van der Waals surface area contributed by atoms with Gasteiger partial charge in [-0.1, -0.05) is 30.3 Å². The first-order valence-corrected chi connectivity index (χ1v) is 11.1. The highest BCUT2D eigenvalue weighted by atomic mass is 35.5. The molecule has 3 aromatic rings. The average Bonchev–Trinajstić information content (AvgIpc) is 2.84. The number of rotatable bonds is 5. The molecule has 2 aromatic carbocycles. The van der Waals surface area contributed by atoms with Crippen LogP contribution in [0, 0.1) is 12.7 Å². The molecule has 34 heavy (non-hydrogen) atoms. The van der Waals surface area contributed by atoms with Crippen molar-refractivity contribution in [1.29, 1.82) is 0 Å². The van der Waals surface area contributed by atoms with E-state index in [1.54, 1.807) is 37.1 Å². The molecule has 0 spiro atoms. The van der Waals surface area contributed by atoms with Crippen LogP contribution in [0.3, 0.4) is 0 Å². The van der Waals surface area contributed by atoms with Gasteiger partial charge >= 0.3 is 0 Å². The van der Waals surface area contributed by atoms with E-state index in [0.717, 1.165) is 0 Å². The SMILES string of the molecule is C=CC(=O)N1CCN(c2c(N(C)C=O)cnc3c(F)c(-c4c(C)cccc4O)c(Cl)cc23)CC1. The van der Waals surface area contributed by atoms with Gasteiger partial charge in [-0.3, -0.25) is 14.6 Å². The number of carbonyl (C=O) groups is 2. The summed E-state index contributed by atoms with van der Waals surface area (Å²) in [6.45, 7) is 7.14. The van der Waals surface area contributed by atoms with Crippen LogP contribution in [0.4, 0.5) is 15.8 Å². The van der Waals surface area contributed by atoms with Crippen LogP contribution < -0.4 is 9.80 Å². The molecule has 4 rings (SSSR count). The van der Waals surface area contributed by atoms with E-state index < -0.39 is 5.82 Å². The van der Waals surface area contributed by atoms with Crippen LogP contribution in [0.5, 0.6) is 5.75 Å². The van der Waals surface area contributed by atoms with E-state index in [9.17, 15) is 14.7 Å². The van der Waals surface area contributed by atoms with Crippen LogP contribution in [-0.2, 0) is 9.59 Å². The molecule has 0 saturated carbocycles. The van der Waals surface area contributed by atoms with Gasteiger partial charge in [-0.25, -0.2) is 4.39 Å². The molecule has 176 valence electrons. The molecule has 9 heteroatoms. The predicted octanol–water partition coefficient (Wildman–Crippen LogP) is 4.14. The Kier molecular flexibility index (Phi) is 6.43. The van der Waals surface area contributed by atoms with E-state index in [1.807, 2.05) is 4.90 Å². The molecule has 0 bridgehead atoms. The van der Waals surface area contributed by atoms with Crippen molar-refractivity contribution < 1.29 is 19.1 Å². The topological polar surface area (TPSA) is 77.0 Å². The van der Waals surface area contributed by atoms with E-state index in [1.165, 1.54) is 23.2 Å². The number of phenolic OH excluding ortho intramolecular Hbond substituents is 1. The van der Waals surface area contributed by atoms with Crippen LogP contribution in [0.2, 0.25) is 5.02 Å². The summed E-state index contributed by atoms with van der Waals surface area (Å²) in [5.74, 6) is -0.893. The molecule has 1 fully saturated rings. The average molecular weight is 483 g/mol. The minimum Gasteiger partial charge on any atom is -0.507 e. The van der Waals surface area contributed by atoms with Crippen molar-refractivity contribution in [2.24, 2.45) is 0 Å². The number of hydrogen-bond acceptors (Lipinski definition) is 5. The molecular formula is C25H24ClFN4O3. The second kappa shape index (κ2) is 9.30. The van der Waals surface area contributed by atoms with Gasteiger partial charge in [-0.05, 0) is 30.7 Å². The van der Waals surface area contributed by atoms with Gasteiger partial charge < -0.3 is 19.8 Å². The lowest BCUT2D eigenvalue weighted by Crippen LogP contribution is -2.48. The van der Waals surface area contributed by atoms with E-state index in [-0.39, 0.29) is 27.8 Å². The van der Waals surface area contributed by atoms with Gasteiger partial charge in [0.15, 0.2) is 5.82 Å². The molecule has 2 amide bonds. The molecule has 7 nitrogen and oxygen atoms in total. The Bertz CT molecular complexity index is 1290. The number of fused-ring (bicyclic) bond motifs is 1. The molecule has 1 saturated heterocycles. The fourth-order valence-electron chi connectivity index (χ4n) is 4.37. The zero-order valence-electron chi connectivity index (χ0n) is 18.9. The van der Waals surface area contributed by atoms with Crippen molar-refractivity contribution in [3.63, 3.8) is 0 Å². The third-order valence-corrected chi connectivity index (χ3v) is 6.43. The minimum atomic E-state index is -0.658. The Balaban J connectivity index is 1.91. The van der Waals surface area contributed by atoms with Gasteiger partial charge in [0.2, 0.25) is 12.3 Å². The van der Waals surface area contributed by atoms with Gasteiger partial charge in [0, 0.05) is 49.7 Å². The minimum absolute atomic E-state index is 0.0705. The first kappa shape index (κ1) is 23.5. The highest BCUT2D eigenvalue weighted by Gasteiger charge is 2.27. The molecular weight excluding hydrogens is 459 g/mol. The highest BCUT2D eigenvalue weighted by Crippen LogP contribution is 2.44. The van der Waals surface area contributed by atoms with Crippen molar-refractivity contribution in [3.8, 4) is 16.9 Å². The fourth-order valence-corrected chi connectivity index (χ4v) is 4.66. The monoisotopic (exact) mass is 482 g/mol. The third kappa shape index (κ3) is 3.94. The number of aryl methyl sites for hydroxylation is 1. The van der Waals surface area contributed by atoms with Crippen molar-refractivity contribution in [2.45, 2.75) is 6.92 Å². The molecule has 1 aliphatic heterocycles. The number of pyridine rings is 1. The maximum Gasteiger partial charge on any atom is 0.246 e. The number of halogens is 2. The first-order chi connectivity index (χ1) is 16.3. The Morgan fingerprint density at radius 1 is 1.26 bits per heavy atom. The van der Waals surface area contributed by atoms with Crippen LogP contribution in [0.15, 0.2) is 43.1 Å². The number of benzene rings is 2. The number of phenols is 1. The first-order valence-electron chi connectivity index (χ1n) is 10.7. The lowest BCUT2D eigenvalue weighted by molar-refractivity contribution is -0.126. The number of aromatic nitrogens is 1. The summed E-state index contributed by atoms with van der Waals surface area (Å²) >= 11 is 6.60.